The first kappa shape index (κ1) is 18.1. The molecule has 0 fully saturated rings. The van der Waals surface area contributed by atoms with E-state index < -0.39 is 11.5 Å². The second-order valence-corrected chi connectivity index (χ2v) is 7.11. The fraction of sp³-hybridized carbons (Fsp3) is 0.556. The van der Waals surface area contributed by atoms with E-state index in [1.165, 1.54) is 7.11 Å². The van der Waals surface area contributed by atoms with Gasteiger partial charge in [-0.25, -0.2) is 4.79 Å². The molecule has 0 spiro atoms. The molecule has 1 aliphatic rings. The first-order valence-corrected chi connectivity index (χ1v) is 8.18. The zero-order valence-corrected chi connectivity index (χ0v) is 15.0. The molecule has 0 bridgehead atoms. The maximum Gasteiger partial charge on any atom is 0.411 e. The molecule has 0 radical (unpaired) electrons. The van der Waals surface area contributed by atoms with E-state index in [9.17, 15) is 9.59 Å². The van der Waals surface area contributed by atoms with E-state index in [0.717, 1.165) is 12.1 Å². The standard InChI is InChI=1S/C18H26N2O4/c1-12(2)8-9-20-14-7-6-13(19-17(22)23-5)10-15(14)24-11-18(3,4)16(20)21/h6-7,10,12H,8-9,11H2,1-5H3,(H,19,22). The highest BCUT2D eigenvalue weighted by atomic mass is 16.5. The van der Waals surface area contributed by atoms with Crippen LogP contribution in [0.4, 0.5) is 16.2 Å². The Morgan fingerprint density at radius 1 is 1.42 bits per heavy atom. The number of hydrogen-bond donors (Lipinski definition) is 1. The van der Waals surface area contributed by atoms with Crippen molar-refractivity contribution in [1.82, 2.24) is 0 Å². The van der Waals surface area contributed by atoms with Crippen molar-refractivity contribution < 1.29 is 19.1 Å². The SMILES string of the molecule is COC(=O)Nc1ccc2c(c1)OCC(C)(C)C(=O)N2CCC(C)C. The van der Waals surface area contributed by atoms with Crippen molar-refractivity contribution in [2.24, 2.45) is 11.3 Å². The van der Waals surface area contributed by atoms with E-state index in [4.69, 9.17) is 4.74 Å². The molecule has 1 N–H and O–H groups in total. The number of rotatable bonds is 4. The molecule has 1 aliphatic heterocycles. The van der Waals surface area contributed by atoms with Crippen LogP contribution in [0.5, 0.6) is 5.75 Å². The third-order valence-electron chi connectivity index (χ3n) is 4.03. The maximum absolute atomic E-state index is 12.9. The minimum absolute atomic E-state index is 0.0515. The smallest absolute Gasteiger partial charge is 0.411 e. The molecule has 132 valence electrons. The Labute approximate surface area is 143 Å². The summed E-state index contributed by atoms with van der Waals surface area (Å²) in [7, 11) is 1.31. The summed E-state index contributed by atoms with van der Waals surface area (Å²) < 4.78 is 10.5. The van der Waals surface area contributed by atoms with E-state index >= 15 is 0 Å². The molecule has 1 heterocycles. The third-order valence-corrected chi connectivity index (χ3v) is 4.03. The first-order chi connectivity index (χ1) is 11.2. The summed E-state index contributed by atoms with van der Waals surface area (Å²) >= 11 is 0. The second kappa shape index (κ2) is 7.11. The summed E-state index contributed by atoms with van der Waals surface area (Å²) in [4.78, 5) is 26.1. The Morgan fingerprint density at radius 2 is 2.12 bits per heavy atom. The van der Waals surface area contributed by atoms with Crippen LogP contribution in [-0.2, 0) is 9.53 Å². The lowest BCUT2D eigenvalue weighted by Crippen LogP contribution is -2.42. The third kappa shape index (κ3) is 3.99. The van der Waals surface area contributed by atoms with Crippen LogP contribution in [-0.4, -0.2) is 32.3 Å². The van der Waals surface area contributed by atoms with Gasteiger partial charge in [0.15, 0.2) is 0 Å². The van der Waals surface area contributed by atoms with Gasteiger partial charge in [0, 0.05) is 18.3 Å². The van der Waals surface area contributed by atoms with E-state index in [0.29, 0.717) is 30.5 Å². The van der Waals surface area contributed by atoms with Crippen LogP contribution >= 0.6 is 0 Å². The molecular formula is C18H26N2O4. The molecule has 24 heavy (non-hydrogen) atoms. The average Bonchev–Trinajstić information content (AvgIpc) is 2.61. The van der Waals surface area contributed by atoms with Crippen molar-refractivity contribution in [2.75, 3.05) is 30.5 Å². The number of amides is 2. The van der Waals surface area contributed by atoms with Crippen LogP contribution in [0, 0.1) is 11.3 Å². The van der Waals surface area contributed by atoms with Crippen LogP contribution in [0.15, 0.2) is 18.2 Å². The van der Waals surface area contributed by atoms with Gasteiger partial charge in [0.1, 0.15) is 12.4 Å². The highest BCUT2D eigenvalue weighted by Gasteiger charge is 2.37. The molecule has 1 aromatic carbocycles. The minimum Gasteiger partial charge on any atom is -0.490 e. The van der Waals surface area contributed by atoms with E-state index in [2.05, 4.69) is 23.9 Å². The van der Waals surface area contributed by atoms with Crippen LogP contribution in [0.25, 0.3) is 0 Å². The monoisotopic (exact) mass is 334 g/mol. The summed E-state index contributed by atoms with van der Waals surface area (Å²) in [6, 6.07) is 5.27. The van der Waals surface area contributed by atoms with Crippen molar-refractivity contribution in [3.05, 3.63) is 18.2 Å². The van der Waals surface area contributed by atoms with E-state index in [1.54, 1.807) is 23.1 Å². The normalized spacial score (nSPS) is 16.2. The van der Waals surface area contributed by atoms with Crippen molar-refractivity contribution >= 4 is 23.4 Å². The van der Waals surface area contributed by atoms with Crippen LogP contribution in [0.2, 0.25) is 0 Å². The van der Waals surface area contributed by atoms with Gasteiger partial charge in [0.2, 0.25) is 5.91 Å². The Morgan fingerprint density at radius 3 is 2.75 bits per heavy atom. The lowest BCUT2D eigenvalue weighted by molar-refractivity contribution is -0.127. The van der Waals surface area contributed by atoms with Crippen molar-refractivity contribution in [2.45, 2.75) is 34.1 Å². The minimum atomic E-state index is -0.605. The summed E-state index contributed by atoms with van der Waals surface area (Å²) in [5.41, 5.74) is 0.699. The quantitative estimate of drug-likeness (QED) is 0.912. The molecule has 0 unspecified atom stereocenters. The van der Waals surface area contributed by atoms with Gasteiger partial charge in [-0.15, -0.1) is 0 Å². The molecule has 0 aromatic heterocycles. The van der Waals surface area contributed by atoms with Gasteiger partial charge in [-0.1, -0.05) is 13.8 Å². The molecule has 6 nitrogen and oxygen atoms in total. The van der Waals surface area contributed by atoms with Gasteiger partial charge in [0.25, 0.3) is 0 Å². The molecular weight excluding hydrogens is 308 g/mol. The fourth-order valence-electron chi connectivity index (χ4n) is 2.50. The predicted octanol–water partition coefficient (Wildman–Crippen LogP) is 3.66. The maximum atomic E-state index is 12.9. The molecule has 1 aromatic rings. The highest BCUT2D eigenvalue weighted by molar-refractivity contribution is 5.99. The lowest BCUT2D eigenvalue weighted by atomic mass is 9.92. The Bertz CT molecular complexity index is 625. The molecule has 0 saturated carbocycles. The number of carbonyl (C=O) groups is 2. The van der Waals surface area contributed by atoms with Crippen molar-refractivity contribution in [3.8, 4) is 5.75 Å². The fourth-order valence-corrected chi connectivity index (χ4v) is 2.50. The van der Waals surface area contributed by atoms with Crippen molar-refractivity contribution in [3.63, 3.8) is 0 Å². The number of hydrogen-bond acceptors (Lipinski definition) is 4. The molecule has 0 atom stereocenters. The number of fused-ring (bicyclic) bond motifs is 1. The number of benzene rings is 1. The summed E-state index contributed by atoms with van der Waals surface area (Å²) in [6.45, 7) is 8.97. The largest absolute Gasteiger partial charge is 0.490 e. The van der Waals surface area contributed by atoms with Crippen molar-refractivity contribution in [1.29, 1.82) is 0 Å². The number of carbonyl (C=O) groups excluding carboxylic acids is 2. The number of nitrogens with one attached hydrogen (secondary N) is 1. The average molecular weight is 334 g/mol. The zero-order valence-electron chi connectivity index (χ0n) is 15.0. The molecule has 2 amide bonds. The van der Waals surface area contributed by atoms with Crippen LogP contribution < -0.4 is 15.0 Å². The van der Waals surface area contributed by atoms with Gasteiger partial charge in [-0.2, -0.15) is 0 Å². The molecule has 2 rings (SSSR count). The number of ether oxygens (including phenoxy) is 2. The number of anilines is 2. The molecule has 6 heteroatoms. The Balaban J connectivity index is 2.36. The van der Waals surface area contributed by atoms with E-state index in [1.807, 2.05) is 13.8 Å². The van der Waals surface area contributed by atoms with Gasteiger partial charge in [-0.05, 0) is 38.3 Å². The number of nitrogens with zero attached hydrogens (tertiary/aromatic N) is 1. The van der Waals surface area contributed by atoms with Crippen LogP contribution in [0.1, 0.15) is 34.1 Å². The first-order valence-electron chi connectivity index (χ1n) is 8.18. The van der Waals surface area contributed by atoms with Gasteiger partial charge < -0.3 is 14.4 Å². The number of methoxy groups -OCH3 is 1. The lowest BCUT2D eigenvalue weighted by Gasteiger charge is -2.28. The zero-order chi connectivity index (χ0) is 17.9. The summed E-state index contributed by atoms with van der Waals surface area (Å²) in [6.07, 6.45) is 0.361. The summed E-state index contributed by atoms with van der Waals surface area (Å²) in [5.74, 6) is 1.14. The van der Waals surface area contributed by atoms with Gasteiger partial charge >= 0.3 is 6.09 Å². The molecule has 0 saturated heterocycles. The predicted molar refractivity (Wildman–Crippen MR) is 93.6 cm³/mol. The van der Waals surface area contributed by atoms with Gasteiger partial charge in [0.05, 0.1) is 18.2 Å². The van der Waals surface area contributed by atoms with E-state index in [-0.39, 0.29) is 5.91 Å². The summed E-state index contributed by atoms with van der Waals surface area (Å²) in [5, 5.41) is 2.61. The topological polar surface area (TPSA) is 67.9 Å². The highest BCUT2D eigenvalue weighted by Crippen LogP contribution is 2.38. The molecule has 0 aliphatic carbocycles. The Kier molecular flexibility index (Phi) is 5.36. The second-order valence-electron chi connectivity index (χ2n) is 7.11. The van der Waals surface area contributed by atoms with Crippen LogP contribution in [0.3, 0.4) is 0 Å². The van der Waals surface area contributed by atoms with Gasteiger partial charge in [-0.3, -0.25) is 10.1 Å². The Hall–Kier alpha value is -2.24.